The summed E-state index contributed by atoms with van der Waals surface area (Å²) in [6.45, 7) is 0. The molecular weight excluding hydrogens is 203 g/mol. The number of imidazole rings is 1. The molecule has 0 aliphatic heterocycles. The van der Waals surface area contributed by atoms with Gasteiger partial charge in [0.2, 0.25) is 0 Å². The second-order valence-electron chi connectivity index (χ2n) is 3.52. The average molecular weight is 211 g/mol. The van der Waals surface area contributed by atoms with Gasteiger partial charge < -0.3 is 4.98 Å². The monoisotopic (exact) mass is 211 g/mol. The predicted molar refractivity (Wildman–Crippen MR) is 60.3 cm³/mol. The summed E-state index contributed by atoms with van der Waals surface area (Å²) in [6, 6.07) is 14.9. The van der Waals surface area contributed by atoms with Crippen LogP contribution in [0.25, 0.3) is 22.4 Å². The number of rotatable bonds is 1. The molecule has 1 radical (unpaired) electrons. The van der Waals surface area contributed by atoms with Crippen LogP contribution in [0.5, 0.6) is 0 Å². The minimum atomic E-state index is -0.244. The molecule has 16 heavy (non-hydrogen) atoms. The molecule has 0 spiro atoms. The number of H-pyrrole nitrogens is 1. The Kier molecular flexibility index (Phi) is 1.96. The van der Waals surface area contributed by atoms with E-state index in [2.05, 4.69) is 16.0 Å². The van der Waals surface area contributed by atoms with Crippen molar-refractivity contribution in [2.45, 2.75) is 0 Å². The fourth-order valence-electron chi connectivity index (χ4n) is 1.63. The van der Waals surface area contributed by atoms with E-state index in [0.717, 1.165) is 22.4 Å². The second-order valence-corrected chi connectivity index (χ2v) is 3.52. The molecule has 0 aliphatic rings. The normalized spacial score (nSPS) is 10.8. The van der Waals surface area contributed by atoms with Crippen LogP contribution in [0.15, 0.2) is 42.5 Å². The van der Waals surface area contributed by atoms with Gasteiger partial charge in [0, 0.05) is 11.6 Å². The largest absolute Gasteiger partial charge is 0.338 e. The van der Waals surface area contributed by atoms with E-state index in [9.17, 15) is 4.39 Å². The van der Waals surface area contributed by atoms with E-state index in [1.165, 1.54) is 12.1 Å². The number of hydrogen-bond acceptors (Lipinski definition) is 1. The topological polar surface area (TPSA) is 28.7 Å². The number of hydrogen-bond donors (Lipinski definition) is 1. The smallest absolute Gasteiger partial charge is 0.138 e. The lowest BCUT2D eigenvalue weighted by Crippen LogP contribution is -1.80. The Balaban J connectivity index is 2.15. The third-order valence-electron chi connectivity index (χ3n) is 2.43. The van der Waals surface area contributed by atoms with Crippen molar-refractivity contribution in [2.24, 2.45) is 0 Å². The van der Waals surface area contributed by atoms with Crippen LogP contribution in [0.4, 0.5) is 4.39 Å². The molecule has 1 N–H and O–H groups in total. The molecule has 2 nitrogen and oxygen atoms in total. The van der Waals surface area contributed by atoms with Crippen molar-refractivity contribution in [3.8, 4) is 11.4 Å². The number of aromatic nitrogens is 2. The quantitative estimate of drug-likeness (QED) is 0.658. The average Bonchev–Trinajstić information content (AvgIpc) is 2.73. The molecule has 77 valence electrons. The number of halogens is 1. The van der Waals surface area contributed by atoms with Gasteiger partial charge in [-0.2, -0.15) is 0 Å². The van der Waals surface area contributed by atoms with Gasteiger partial charge in [0.15, 0.2) is 0 Å². The zero-order chi connectivity index (χ0) is 11.0. The molecule has 0 saturated heterocycles. The van der Waals surface area contributed by atoms with Crippen molar-refractivity contribution < 1.29 is 4.39 Å². The van der Waals surface area contributed by atoms with Crippen LogP contribution in [0, 0.1) is 11.9 Å². The highest BCUT2D eigenvalue weighted by Crippen LogP contribution is 2.19. The third-order valence-corrected chi connectivity index (χ3v) is 2.43. The van der Waals surface area contributed by atoms with Crippen molar-refractivity contribution in [1.29, 1.82) is 0 Å². The molecule has 1 aromatic heterocycles. The Hall–Kier alpha value is -2.16. The number of para-hydroxylation sites is 1. The zero-order valence-corrected chi connectivity index (χ0v) is 8.37. The number of nitrogens with one attached hydrogen (secondary N) is 1. The maximum absolute atomic E-state index is 12.8. The van der Waals surface area contributed by atoms with E-state index in [-0.39, 0.29) is 5.82 Å². The first-order valence-electron chi connectivity index (χ1n) is 4.95. The molecular formula is C13H8FN2. The lowest BCUT2D eigenvalue weighted by molar-refractivity contribution is 0.628. The maximum atomic E-state index is 12.8. The highest BCUT2D eigenvalue weighted by atomic mass is 19.1. The fraction of sp³-hybridized carbons (Fsp3) is 0. The van der Waals surface area contributed by atoms with Gasteiger partial charge in [-0.15, -0.1) is 0 Å². The van der Waals surface area contributed by atoms with Crippen LogP contribution in [-0.2, 0) is 0 Å². The zero-order valence-electron chi connectivity index (χ0n) is 8.37. The molecule has 0 atom stereocenters. The van der Waals surface area contributed by atoms with Gasteiger partial charge in [-0.1, -0.05) is 12.1 Å². The van der Waals surface area contributed by atoms with E-state index in [0.29, 0.717) is 0 Å². The lowest BCUT2D eigenvalue weighted by atomic mass is 10.2. The highest BCUT2D eigenvalue weighted by molar-refractivity contribution is 5.78. The van der Waals surface area contributed by atoms with Crippen LogP contribution in [0.1, 0.15) is 0 Å². The molecule has 3 heteroatoms. The van der Waals surface area contributed by atoms with E-state index in [1.807, 2.05) is 18.2 Å². The Bertz CT molecular complexity index is 593. The molecule has 3 rings (SSSR count). The Morgan fingerprint density at radius 1 is 1.12 bits per heavy atom. The number of benzene rings is 2. The van der Waals surface area contributed by atoms with Gasteiger partial charge >= 0.3 is 0 Å². The number of fused-ring (bicyclic) bond motifs is 1. The molecule has 0 bridgehead atoms. The maximum Gasteiger partial charge on any atom is 0.138 e. The van der Waals surface area contributed by atoms with Gasteiger partial charge in [-0.25, -0.2) is 9.37 Å². The van der Waals surface area contributed by atoms with Crippen molar-refractivity contribution in [3.63, 3.8) is 0 Å². The van der Waals surface area contributed by atoms with E-state index < -0.39 is 0 Å². The number of nitrogens with zero attached hydrogens (tertiary/aromatic N) is 1. The van der Waals surface area contributed by atoms with Crippen LogP contribution >= 0.6 is 0 Å². The van der Waals surface area contributed by atoms with Gasteiger partial charge in [0.25, 0.3) is 0 Å². The molecule has 2 aromatic carbocycles. The molecule has 0 saturated carbocycles. The first-order valence-corrected chi connectivity index (χ1v) is 4.95. The summed E-state index contributed by atoms with van der Waals surface area (Å²) in [5.41, 5.74) is 2.59. The van der Waals surface area contributed by atoms with Crippen LogP contribution in [0.2, 0.25) is 0 Å². The summed E-state index contributed by atoms with van der Waals surface area (Å²) in [6.07, 6.45) is 0. The van der Waals surface area contributed by atoms with E-state index >= 15 is 0 Å². The van der Waals surface area contributed by atoms with Crippen molar-refractivity contribution >= 4 is 11.0 Å². The molecule has 0 aliphatic carbocycles. The predicted octanol–water partition coefficient (Wildman–Crippen LogP) is 3.17. The molecule has 0 amide bonds. The summed E-state index contributed by atoms with van der Waals surface area (Å²) in [7, 11) is 0. The first-order chi connectivity index (χ1) is 7.83. The minimum absolute atomic E-state index is 0.244. The fourth-order valence-corrected chi connectivity index (χ4v) is 1.63. The van der Waals surface area contributed by atoms with Crippen LogP contribution < -0.4 is 0 Å². The van der Waals surface area contributed by atoms with Gasteiger partial charge in [0.05, 0.1) is 11.0 Å². The molecule has 0 unspecified atom stereocenters. The van der Waals surface area contributed by atoms with Crippen molar-refractivity contribution in [2.75, 3.05) is 0 Å². The lowest BCUT2D eigenvalue weighted by Gasteiger charge is -1.94. The van der Waals surface area contributed by atoms with Crippen LogP contribution in [-0.4, -0.2) is 9.97 Å². The third kappa shape index (κ3) is 1.46. The highest BCUT2D eigenvalue weighted by Gasteiger charge is 2.04. The summed E-state index contributed by atoms with van der Waals surface area (Å²) in [4.78, 5) is 7.55. The standard InChI is InChI=1S/C13H8FN2/c14-10-7-5-9(6-8-10)13-15-11-3-1-2-4-12(11)16-13/h1-3,5-8H,(H,15,16). The van der Waals surface area contributed by atoms with E-state index in [1.54, 1.807) is 12.1 Å². The summed E-state index contributed by atoms with van der Waals surface area (Å²) in [5.74, 6) is 0.490. The Morgan fingerprint density at radius 3 is 2.69 bits per heavy atom. The summed E-state index contributed by atoms with van der Waals surface area (Å²) >= 11 is 0. The van der Waals surface area contributed by atoms with Crippen LogP contribution in [0.3, 0.4) is 0 Å². The Morgan fingerprint density at radius 2 is 1.94 bits per heavy atom. The van der Waals surface area contributed by atoms with Gasteiger partial charge in [-0.05, 0) is 30.3 Å². The summed E-state index contributed by atoms with van der Waals surface area (Å²) in [5, 5.41) is 0. The summed E-state index contributed by atoms with van der Waals surface area (Å²) < 4.78 is 12.8. The second kappa shape index (κ2) is 3.45. The first kappa shape index (κ1) is 9.09. The molecule has 1 heterocycles. The molecule has 0 fully saturated rings. The van der Waals surface area contributed by atoms with Gasteiger partial charge in [0.1, 0.15) is 11.6 Å². The SMILES string of the molecule is Fc1ccc(-c2nc3[c]cccc3[nH]2)cc1. The minimum Gasteiger partial charge on any atom is -0.338 e. The molecule has 3 aromatic rings. The Labute approximate surface area is 91.8 Å². The van der Waals surface area contributed by atoms with E-state index in [4.69, 9.17) is 0 Å². The van der Waals surface area contributed by atoms with Crippen molar-refractivity contribution in [3.05, 3.63) is 54.3 Å². The van der Waals surface area contributed by atoms with Gasteiger partial charge in [-0.3, -0.25) is 0 Å². The van der Waals surface area contributed by atoms with Crippen molar-refractivity contribution in [1.82, 2.24) is 9.97 Å². The number of aromatic amines is 1.